The van der Waals surface area contributed by atoms with E-state index in [1.54, 1.807) is 0 Å². The van der Waals surface area contributed by atoms with Crippen molar-refractivity contribution in [1.82, 2.24) is 19.9 Å². The molecule has 0 spiro atoms. The van der Waals surface area contributed by atoms with E-state index >= 15 is 0 Å². The first-order valence-corrected chi connectivity index (χ1v) is 13.3. The molecule has 5 heterocycles. The second kappa shape index (κ2) is 12.4. The number of carbonyl (C=O) groups is 2. The number of fused-ring (bicyclic) bond motifs is 8. The number of nitrogens with zero attached hydrogens (tertiary/aromatic N) is 4. The zero-order chi connectivity index (χ0) is 28.6. The molecule has 8 nitrogen and oxygen atoms in total. The molecule has 0 aliphatic carbocycles. The number of allylic oxidation sites excluding steroid dienone is 2. The molecule has 3 aromatic rings. The molecule has 0 N–H and O–H groups in total. The number of hydrogen-bond donors (Lipinski definition) is 0. The Balaban J connectivity index is 0.00000387. The van der Waals surface area contributed by atoms with Crippen molar-refractivity contribution in [1.29, 1.82) is 0 Å². The van der Waals surface area contributed by atoms with Crippen LogP contribution in [0.2, 0.25) is 0 Å². The zero-order valence-electron chi connectivity index (χ0n) is 24.0. The van der Waals surface area contributed by atoms with E-state index in [2.05, 4.69) is 0 Å². The molecule has 0 saturated heterocycles. The molecule has 9 heteroatoms. The molecule has 0 radical (unpaired) electrons. The molecule has 5 rings (SSSR count). The van der Waals surface area contributed by atoms with Crippen molar-refractivity contribution < 1.29 is 40.1 Å². The molecule has 0 atom stereocenters. The Morgan fingerprint density at radius 3 is 1.59 bits per heavy atom. The number of carbonyl (C=O) groups excluding carboxylic acids is 2. The minimum Gasteiger partial charge on any atom is -0.657 e. The number of rotatable bonds is 6. The fraction of sp³-hybridized carbons (Fsp3) is 0.312. The van der Waals surface area contributed by atoms with Crippen LogP contribution in [-0.2, 0) is 53.0 Å². The predicted molar refractivity (Wildman–Crippen MR) is 156 cm³/mol. The van der Waals surface area contributed by atoms with Crippen LogP contribution in [0.15, 0.2) is 24.3 Å². The molecule has 8 bridgehead atoms. The van der Waals surface area contributed by atoms with Gasteiger partial charge in [0.2, 0.25) is 0 Å². The molecule has 0 unspecified atom stereocenters. The van der Waals surface area contributed by atoms with E-state index in [1.807, 2.05) is 64.1 Å². The molecule has 3 aromatic heterocycles. The number of aromatic nitrogens is 4. The number of aryl methyl sites for hydroxylation is 4. The second-order valence-electron chi connectivity index (χ2n) is 10.2. The fourth-order valence-corrected chi connectivity index (χ4v) is 5.15. The van der Waals surface area contributed by atoms with Crippen molar-refractivity contribution >= 4 is 57.3 Å². The van der Waals surface area contributed by atoms with Gasteiger partial charge in [0.15, 0.2) is 0 Å². The number of methoxy groups -OCH3 is 2. The van der Waals surface area contributed by atoms with Gasteiger partial charge < -0.3 is 19.4 Å². The third-order valence-corrected chi connectivity index (χ3v) is 7.54. The van der Waals surface area contributed by atoms with Gasteiger partial charge in [-0.2, -0.15) is 0 Å². The van der Waals surface area contributed by atoms with Crippen LogP contribution in [-0.4, -0.2) is 36.1 Å². The van der Waals surface area contributed by atoms with Gasteiger partial charge in [0.1, 0.15) is 0 Å². The van der Waals surface area contributed by atoms with Crippen molar-refractivity contribution in [2.75, 3.05) is 14.2 Å². The SMILES string of the molecule is COC(=O)CCc1c(C)c2cc3nc(cc4nc(cc5[n-]c(cc1[n-]2)c(CCC(=O)OC)c5C)C(C)=C4)C(C)=C3.[Pt+2]. The number of esters is 2. The van der Waals surface area contributed by atoms with E-state index in [0.717, 1.165) is 78.2 Å². The van der Waals surface area contributed by atoms with Crippen LogP contribution in [0, 0.1) is 13.8 Å². The minimum atomic E-state index is -0.279. The summed E-state index contributed by atoms with van der Waals surface area (Å²) in [6.45, 7) is 8.10. The Morgan fingerprint density at radius 1 is 0.659 bits per heavy atom. The van der Waals surface area contributed by atoms with Crippen LogP contribution < -0.4 is 9.97 Å². The summed E-state index contributed by atoms with van der Waals surface area (Å²) in [6.07, 6.45) is 5.52. The van der Waals surface area contributed by atoms with Crippen LogP contribution in [0.25, 0.3) is 45.4 Å². The maximum Gasteiger partial charge on any atom is 2.00 e. The maximum atomic E-state index is 12.0. The van der Waals surface area contributed by atoms with Crippen LogP contribution in [0.1, 0.15) is 71.7 Å². The van der Waals surface area contributed by atoms with Gasteiger partial charge in [0.25, 0.3) is 0 Å². The van der Waals surface area contributed by atoms with Gasteiger partial charge >= 0.3 is 33.0 Å². The Bertz CT molecular complexity index is 1760. The van der Waals surface area contributed by atoms with Gasteiger partial charge in [-0.3, -0.25) is 9.59 Å². The smallest absolute Gasteiger partial charge is 0.657 e. The largest absolute Gasteiger partial charge is 2.00 e. The van der Waals surface area contributed by atoms with Crippen molar-refractivity contribution in [3.05, 3.63) is 69.3 Å². The molecule has 0 aromatic carbocycles. The number of ether oxygens (including phenoxy) is 2. The quantitative estimate of drug-likeness (QED) is 0.306. The normalized spacial score (nSPS) is 12.3. The Morgan fingerprint density at radius 2 is 1.10 bits per heavy atom. The maximum absolute atomic E-state index is 12.0. The Kier molecular flexibility index (Phi) is 9.13. The monoisotopic (exact) mass is 731 g/mol. The summed E-state index contributed by atoms with van der Waals surface area (Å²) in [5, 5.41) is 0. The first-order valence-electron chi connectivity index (χ1n) is 13.3. The van der Waals surface area contributed by atoms with E-state index in [1.165, 1.54) is 14.2 Å². The summed E-state index contributed by atoms with van der Waals surface area (Å²) in [5.41, 5.74) is 12.4. The Hall–Kier alpha value is -3.77. The van der Waals surface area contributed by atoms with Crippen molar-refractivity contribution in [3.63, 3.8) is 0 Å². The van der Waals surface area contributed by atoms with Crippen LogP contribution >= 0.6 is 0 Å². The molecule has 0 amide bonds. The molecule has 41 heavy (non-hydrogen) atoms. The topological polar surface area (TPSA) is 107 Å². The third-order valence-electron chi connectivity index (χ3n) is 7.54. The van der Waals surface area contributed by atoms with Gasteiger partial charge in [-0.05, 0) is 69.9 Å². The van der Waals surface area contributed by atoms with Gasteiger partial charge in [-0.1, -0.05) is 40.5 Å². The summed E-state index contributed by atoms with van der Waals surface area (Å²) < 4.78 is 9.80. The van der Waals surface area contributed by atoms with Crippen LogP contribution in [0.5, 0.6) is 0 Å². The second-order valence-corrected chi connectivity index (χ2v) is 10.2. The summed E-state index contributed by atoms with van der Waals surface area (Å²) in [6, 6.07) is 7.91. The van der Waals surface area contributed by atoms with Crippen molar-refractivity contribution in [3.8, 4) is 0 Å². The fourth-order valence-electron chi connectivity index (χ4n) is 5.15. The molecule has 2 aliphatic rings. The van der Waals surface area contributed by atoms with E-state index in [-0.39, 0.29) is 45.8 Å². The predicted octanol–water partition coefficient (Wildman–Crippen LogP) is 5.52. The van der Waals surface area contributed by atoms with Gasteiger partial charge in [-0.15, -0.1) is 22.1 Å². The van der Waals surface area contributed by atoms with E-state index < -0.39 is 0 Å². The summed E-state index contributed by atoms with van der Waals surface area (Å²) >= 11 is 0. The summed E-state index contributed by atoms with van der Waals surface area (Å²) in [4.78, 5) is 43.7. The first-order chi connectivity index (χ1) is 19.2. The zero-order valence-corrected chi connectivity index (χ0v) is 26.3. The Labute approximate surface area is 253 Å². The standard InChI is InChI=1S/C32H32N4O4.Pt/c1-17-11-22-14-27-19(3)23(7-9-31(37)39-5)29(35-27)16-30-24(8-10-32(38)40-6)20(4)28(36-30)15-26-18(2)12-21(34-26)13-25(17)33-22;/h11-16H,7-10H2,1-6H3;/q-2;+2. The number of hydrogen-bond acceptors (Lipinski definition) is 6. The van der Waals surface area contributed by atoms with Gasteiger partial charge in [-0.25, -0.2) is 9.97 Å². The molecule has 2 aliphatic heterocycles. The van der Waals surface area contributed by atoms with Crippen LogP contribution in [0.3, 0.4) is 0 Å². The molecule has 0 saturated carbocycles. The van der Waals surface area contributed by atoms with Crippen molar-refractivity contribution in [2.24, 2.45) is 0 Å². The summed E-state index contributed by atoms with van der Waals surface area (Å²) in [7, 11) is 2.79. The molecular formula is C32H32N4O4Pt. The molecular weight excluding hydrogens is 699 g/mol. The van der Waals surface area contributed by atoms with E-state index in [0.29, 0.717) is 12.8 Å². The van der Waals surface area contributed by atoms with E-state index in [9.17, 15) is 9.59 Å². The average molecular weight is 732 g/mol. The molecule has 214 valence electrons. The van der Waals surface area contributed by atoms with Crippen LogP contribution in [0.4, 0.5) is 0 Å². The van der Waals surface area contributed by atoms with Gasteiger partial charge in [0.05, 0.1) is 37.0 Å². The average Bonchev–Trinajstić information content (AvgIpc) is 3.62. The first kappa shape index (κ1) is 30.2. The van der Waals surface area contributed by atoms with E-state index in [4.69, 9.17) is 29.4 Å². The minimum absolute atomic E-state index is 0. The van der Waals surface area contributed by atoms with Crippen molar-refractivity contribution in [2.45, 2.75) is 53.4 Å². The summed E-state index contributed by atoms with van der Waals surface area (Å²) in [5.74, 6) is -0.558. The molecule has 0 fully saturated rings. The van der Waals surface area contributed by atoms with Gasteiger partial charge in [0, 0.05) is 12.8 Å². The third kappa shape index (κ3) is 6.28.